The van der Waals surface area contributed by atoms with Crippen LogP contribution in [-0.4, -0.2) is 13.5 Å². The zero-order chi connectivity index (χ0) is 17.4. The van der Waals surface area contributed by atoms with Crippen molar-refractivity contribution in [1.29, 1.82) is 0 Å². The predicted molar refractivity (Wildman–Crippen MR) is 80.1 cm³/mol. The van der Waals surface area contributed by atoms with Gasteiger partial charge in [-0.05, 0) is 36.8 Å². The number of sulfonamides is 1. The Bertz CT molecular complexity index is 851. The van der Waals surface area contributed by atoms with Gasteiger partial charge in [-0.1, -0.05) is 17.7 Å². The van der Waals surface area contributed by atoms with Crippen molar-refractivity contribution in [2.75, 3.05) is 4.72 Å². The molecule has 4 nitrogen and oxygen atoms in total. The summed E-state index contributed by atoms with van der Waals surface area (Å²) in [5, 5.41) is 9.22. The summed E-state index contributed by atoms with van der Waals surface area (Å²) >= 11 is 5.72. The monoisotopic (exact) mass is 365 g/mol. The molecule has 0 heterocycles. The van der Waals surface area contributed by atoms with E-state index in [1.165, 1.54) is 12.1 Å². The van der Waals surface area contributed by atoms with Gasteiger partial charge in [0.2, 0.25) is 0 Å². The molecular formula is C14H11ClF3NO3S. The quantitative estimate of drug-likeness (QED) is 0.857. The molecule has 0 bridgehead atoms. The van der Waals surface area contributed by atoms with Gasteiger partial charge in [-0.2, -0.15) is 13.2 Å². The number of rotatable bonds is 3. The number of phenolic OH excluding ortho intramolecular Hbond substituents is 1. The smallest absolute Gasteiger partial charge is 0.416 e. The van der Waals surface area contributed by atoms with E-state index < -0.39 is 26.7 Å². The van der Waals surface area contributed by atoms with Gasteiger partial charge in [0, 0.05) is 6.07 Å². The van der Waals surface area contributed by atoms with E-state index in [4.69, 9.17) is 11.6 Å². The van der Waals surface area contributed by atoms with Gasteiger partial charge < -0.3 is 5.11 Å². The van der Waals surface area contributed by atoms with E-state index in [-0.39, 0.29) is 16.5 Å². The Morgan fingerprint density at radius 2 is 1.78 bits per heavy atom. The fraction of sp³-hybridized carbons (Fsp3) is 0.143. The molecule has 0 aromatic heterocycles. The Morgan fingerprint density at radius 3 is 2.35 bits per heavy atom. The second kappa shape index (κ2) is 5.93. The highest BCUT2D eigenvalue weighted by atomic mass is 35.5. The SMILES string of the molecule is Cc1ccc(NS(=O)(=O)c2cc(C(F)(F)F)ccc2Cl)cc1O. The van der Waals surface area contributed by atoms with Crippen molar-refractivity contribution in [3.8, 4) is 5.75 Å². The highest BCUT2D eigenvalue weighted by Crippen LogP contribution is 2.34. The molecule has 0 saturated carbocycles. The summed E-state index contributed by atoms with van der Waals surface area (Å²) < 4.78 is 64.8. The first-order valence-electron chi connectivity index (χ1n) is 6.20. The Kier molecular flexibility index (Phi) is 4.50. The van der Waals surface area contributed by atoms with E-state index in [0.29, 0.717) is 17.7 Å². The van der Waals surface area contributed by atoms with Crippen LogP contribution in [0.15, 0.2) is 41.3 Å². The molecule has 2 aromatic carbocycles. The number of benzene rings is 2. The van der Waals surface area contributed by atoms with Crippen LogP contribution in [0.4, 0.5) is 18.9 Å². The van der Waals surface area contributed by atoms with E-state index >= 15 is 0 Å². The molecule has 0 aliphatic heterocycles. The minimum Gasteiger partial charge on any atom is -0.508 e. The Morgan fingerprint density at radius 1 is 1.13 bits per heavy atom. The van der Waals surface area contributed by atoms with Crippen LogP contribution in [0.25, 0.3) is 0 Å². The van der Waals surface area contributed by atoms with Crippen LogP contribution in [0.5, 0.6) is 5.75 Å². The van der Waals surface area contributed by atoms with Crippen molar-refractivity contribution in [2.24, 2.45) is 0 Å². The number of hydrogen-bond donors (Lipinski definition) is 2. The topological polar surface area (TPSA) is 66.4 Å². The van der Waals surface area contributed by atoms with Crippen LogP contribution in [-0.2, 0) is 16.2 Å². The van der Waals surface area contributed by atoms with Gasteiger partial charge >= 0.3 is 6.18 Å². The maximum Gasteiger partial charge on any atom is 0.416 e. The van der Waals surface area contributed by atoms with Crippen LogP contribution < -0.4 is 4.72 Å². The summed E-state index contributed by atoms with van der Waals surface area (Å²) in [5.41, 5.74) is -0.611. The average Bonchev–Trinajstić information content (AvgIpc) is 2.41. The van der Waals surface area contributed by atoms with Gasteiger partial charge in [0.1, 0.15) is 10.6 Å². The molecular weight excluding hydrogens is 355 g/mol. The molecule has 0 spiro atoms. The molecule has 0 radical (unpaired) electrons. The molecule has 0 atom stereocenters. The number of hydrogen-bond acceptors (Lipinski definition) is 3. The second-order valence-corrected chi connectivity index (χ2v) is 6.81. The molecule has 23 heavy (non-hydrogen) atoms. The molecule has 0 amide bonds. The molecule has 2 rings (SSSR count). The van der Waals surface area contributed by atoms with Gasteiger partial charge in [0.25, 0.3) is 10.0 Å². The van der Waals surface area contributed by atoms with Gasteiger partial charge in [-0.15, -0.1) is 0 Å². The van der Waals surface area contributed by atoms with Crippen LogP contribution in [0.2, 0.25) is 5.02 Å². The van der Waals surface area contributed by atoms with E-state index in [9.17, 15) is 26.7 Å². The van der Waals surface area contributed by atoms with E-state index in [1.807, 2.05) is 0 Å². The zero-order valence-corrected chi connectivity index (χ0v) is 13.2. The summed E-state index contributed by atoms with van der Waals surface area (Å²) in [6.45, 7) is 1.61. The predicted octanol–water partition coefficient (Wildman–Crippen LogP) is 4.17. The first-order chi connectivity index (χ1) is 10.5. The lowest BCUT2D eigenvalue weighted by Gasteiger charge is -2.13. The number of nitrogens with one attached hydrogen (secondary N) is 1. The second-order valence-electron chi connectivity index (χ2n) is 4.75. The highest BCUT2D eigenvalue weighted by molar-refractivity contribution is 7.92. The third kappa shape index (κ3) is 3.89. The van der Waals surface area contributed by atoms with Gasteiger partial charge in [-0.3, -0.25) is 4.72 Å². The summed E-state index contributed by atoms with van der Waals surface area (Å²) in [6.07, 6.45) is -4.70. The van der Waals surface area contributed by atoms with Crippen molar-refractivity contribution < 1.29 is 26.7 Å². The van der Waals surface area contributed by atoms with Gasteiger partial charge in [-0.25, -0.2) is 8.42 Å². The van der Waals surface area contributed by atoms with E-state index in [2.05, 4.69) is 4.72 Å². The Balaban J connectivity index is 2.45. The molecule has 0 saturated heterocycles. The van der Waals surface area contributed by atoms with Crippen molar-refractivity contribution in [3.63, 3.8) is 0 Å². The number of phenols is 1. The average molecular weight is 366 g/mol. The standard InChI is InChI=1S/C14H11ClF3NO3S/c1-8-2-4-10(7-12(8)20)19-23(21,22)13-6-9(14(16,17)18)3-5-11(13)15/h2-7,19-20H,1H3. The third-order valence-corrected chi connectivity index (χ3v) is 4.87. The van der Waals surface area contributed by atoms with Gasteiger partial charge in [0.05, 0.1) is 16.3 Å². The fourth-order valence-corrected chi connectivity index (χ4v) is 3.35. The molecule has 124 valence electrons. The van der Waals surface area contributed by atoms with E-state index in [1.54, 1.807) is 6.92 Å². The largest absolute Gasteiger partial charge is 0.508 e. The summed E-state index contributed by atoms with van der Waals surface area (Å²) in [5.74, 6) is -0.152. The minimum absolute atomic E-state index is 0.00146. The maximum absolute atomic E-state index is 12.7. The minimum atomic E-state index is -4.70. The highest BCUT2D eigenvalue weighted by Gasteiger charge is 2.32. The van der Waals surface area contributed by atoms with Crippen LogP contribution >= 0.6 is 11.6 Å². The lowest BCUT2D eigenvalue weighted by molar-refractivity contribution is -0.137. The lowest BCUT2D eigenvalue weighted by atomic mass is 10.2. The first kappa shape index (κ1) is 17.4. The number of anilines is 1. The maximum atomic E-state index is 12.7. The molecule has 0 unspecified atom stereocenters. The van der Waals surface area contributed by atoms with Crippen molar-refractivity contribution in [1.82, 2.24) is 0 Å². The zero-order valence-electron chi connectivity index (χ0n) is 11.6. The van der Waals surface area contributed by atoms with Crippen LogP contribution in [0.1, 0.15) is 11.1 Å². The van der Waals surface area contributed by atoms with Crippen molar-refractivity contribution in [3.05, 3.63) is 52.5 Å². The third-order valence-electron chi connectivity index (χ3n) is 3.01. The molecule has 0 fully saturated rings. The van der Waals surface area contributed by atoms with Crippen LogP contribution in [0, 0.1) is 6.92 Å². The number of aromatic hydroxyl groups is 1. The molecule has 0 aliphatic rings. The summed E-state index contributed by atoms with van der Waals surface area (Å²) in [7, 11) is -4.35. The summed E-state index contributed by atoms with van der Waals surface area (Å²) in [4.78, 5) is -0.700. The first-order valence-corrected chi connectivity index (χ1v) is 8.06. The Labute approximate surface area is 135 Å². The molecule has 2 N–H and O–H groups in total. The number of halogens is 4. The van der Waals surface area contributed by atoms with Crippen molar-refractivity contribution >= 4 is 27.3 Å². The van der Waals surface area contributed by atoms with Gasteiger partial charge in [0.15, 0.2) is 0 Å². The lowest BCUT2D eigenvalue weighted by Crippen LogP contribution is -2.15. The molecule has 0 aliphatic carbocycles. The van der Waals surface area contributed by atoms with E-state index in [0.717, 1.165) is 12.1 Å². The van der Waals surface area contributed by atoms with Crippen LogP contribution in [0.3, 0.4) is 0 Å². The normalized spacial score (nSPS) is 12.2. The van der Waals surface area contributed by atoms with Crippen molar-refractivity contribution in [2.45, 2.75) is 18.0 Å². The number of alkyl halides is 3. The summed E-state index contributed by atoms with van der Waals surface area (Å²) in [6, 6.07) is 5.99. The fourth-order valence-electron chi connectivity index (χ4n) is 1.77. The molecule has 9 heteroatoms. The number of aryl methyl sites for hydroxylation is 1. The Hall–Kier alpha value is -1.93. The molecule has 2 aromatic rings.